The van der Waals surface area contributed by atoms with E-state index in [9.17, 15) is 0 Å². The summed E-state index contributed by atoms with van der Waals surface area (Å²) in [6.45, 7) is 4.41. The molecule has 1 fully saturated rings. The zero-order chi connectivity index (χ0) is 36.2. The van der Waals surface area contributed by atoms with Gasteiger partial charge in [0.1, 0.15) is 23.0 Å². The molecule has 0 bridgehead atoms. The van der Waals surface area contributed by atoms with Gasteiger partial charge in [-0.25, -0.2) is 0 Å². The van der Waals surface area contributed by atoms with Crippen LogP contribution in [0.1, 0.15) is 54.7 Å². The smallest absolute Gasteiger partial charge is 0.260 e. The Morgan fingerprint density at radius 3 is 1.63 bits per heavy atom. The Balaban J connectivity index is 1.18. The van der Waals surface area contributed by atoms with Crippen LogP contribution in [0.15, 0.2) is 152 Å². The number of rotatable bonds is 6. The van der Waals surface area contributed by atoms with Crippen molar-refractivity contribution in [2.75, 3.05) is 4.90 Å². The van der Waals surface area contributed by atoms with Gasteiger partial charge in [-0.2, -0.15) is 0 Å². The van der Waals surface area contributed by atoms with Crippen LogP contribution in [0.3, 0.4) is 0 Å². The highest BCUT2D eigenvalue weighted by Gasteiger charge is 2.41. The van der Waals surface area contributed by atoms with E-state index in [0.29, 0.717) is 5.92 Å². The molecule has 3 aliphatic rings. The summed E-state index contributed by atoms with van der Waals surface area (Å²) in [5.41, 5.74) is 15.2. The van der Waals surface area contributed by atoms with Crippen LogP contribution in [-0.4, -0.2) is 6.71 Å². The predicted octanol–water partition coefficient (Wildman–Crippen LogP) is 11.9. The van der Waals surface area contributed by atoms with Gasteiger partial charge in [0, 0.05) is 29.0 Å². The van der Waals surface area contributed by atoms with Gasteiger partial charge in [-0.15, -0.1) is 0 Å². The average Bonchev–Trinajstić information content (AvgIpc) is 3.22. The number of anilines is 3. The Bertz CT molecular complexity index is 2410. The van der Waals surface area contributed by atoms with E-state index in [1.165, 1.54) is 65.6 Å². The number of hydrogen-bond acceptors (Lipinski definition) is 3. The van der Waals surface area contributed by atoms with Crippen LogP contribution >= 0.6 is 0 Å². The molecule has 2 aliphatic heterocycles. The van der Waals surface area contributed by atoms with Crippen LogP contribution in [0.25, 0.3) is 22.3 Å². The van der Waals surface area contributed by atoms with Crippen LogP contribution in [0.2, 0.25) is 0 Å². The second-order valence-corrected chi connectivity index (χ2v) is 15.2. The van der Waals surface area contributed by atoms with Gasteiger partial charge in [-0.05, 0) is 107 Å². The summed E-state index contributed by atoms with van der Waals surface area (Å²) in [4.78, 5) is 2.43. The fourth-order valence-corrected chi connectivity index (χ4v) is 9.01. The van der Waals surface area contributed by atoms with Gasteiger partial charge >= 0.3 is 0 Å². The lowest BCUT2D eigenvalue weighted by Gasteiger charge is -2.36. The standard InChI is InChI=1S/C50H42BNO2/c1-33-14-12-13-21-44(33)52(45-28-38(23-22-34(45)2)35-15-6-3-7-16-35)41-31-48-50-49(32-41)54-47-30-40(37-19-10-5-11-20-37)25-27-43(47)51(50)42-26-24-39(29-46(42)53-48)36-17-8-4-9-18-36/h4-5,8-14,17-32,35H,3,6-7,15-16H2,1-2H3. The second kappa shape index (κ2) is 13.4. The van der Waals surface area contributed by atoms with E-state index in [-0.39, 0.29) is 6.71 Å². The Morgan fingerprint density at radius 2 is 1.04 bits per heavy atom. The van der Waals surface area contributed by atoms with Crippen molar-refractivity contribution in [2.24, 2.45) is 0 Å². The molecule has 0 spiro atoms. The first-order chi connectivity index (χ1) is 26.6. The molecule has 0 saturated heterocycles. The first-order valence-electron chi connectivity index (χ1n) is 19.5. The SMILES string of the molecule is Cc1ccccc1N(c1cc2c3c(c1)Oc1cc(-c4ccccc4)ccc1B3c1ccc(-c3ccccc3)cc1O2)c1cc(C2CCCCC2)ccc1C. The van der Waals surface area contributed by atoms with E-state index in [0.717, 1.165) is 61.9 Å². The highest BCUT2D eigenvalue weighted by Crippen LogP contribution is 2.46. The third-order valence-corrected chi connectivity index (χ3v) is 11.8. The zero-order valence-electron chi connectivity index (χ0n) is 30.9. The molecule has 0 unspecified atom stereocenters. The van der Waals surface area contributed by atoms with Crippen molar-refractivity contribution in [1.82, 2.24) is 0 Å². The monoisotopic (exact) mass is 699 g/mol. The van der Waals surface area contributed by atoms with Crippen molar-refractivity contribution in [3.05, 3.63) is 168 Å². The first kappa shape index (κ1) is 32.6. The van der Waals surface area contributed by atoms with Gasteiger partial charge in [0.05, 0.1) is 5.69 Å². The number of benzene rings is 7. The van der Waals surface area contributed by atoms with Gasteiger partial charge in [-0.1, -0.05) is 135 Å². The molecule has 7 aromatic rings. The van der Waals surface area contributed by atoms with Gasteiger partial charge in [0.25, 0.3) is 6.71 Å². The molecule has 0 amide bonds. The number of ether oxygens (including phenoxy) is 2. The molecule has 4 heteroatoms. The lowest BCUT2D eigenvalue weighted by atomic mass is 9.34. The summed E-state index contributed by atoms with van der Waals surface area (Å²) in [6.07, 6.45) is 6.47. The molecule has 10 rings (SSSR count). The molecule has 0 atom stereocenters. The number of hydrogen-bond donors (Lipinski definition) is 0. The molecule has 3 nitrogen and oxygen atoms in total. The van der Waals surface area contributed by atoms with E-state index in [4.69, 9.17) is 9.47 Å². The molecule has 2 heterocycles. The van der Waals surface area contributed by atoms with Gasteiger partial charge in [0.2, 0.25) is 0 Å². The summed E-state index contributed by atoms with van der Waals surface area (Å²) in [5.74, 6) is 4.04. The number of para-hydroxylation sites is 1. The van der Waals surface area contributed by atoms with Crippen molar-refractivity contribution >= 4 is 40.2 Å². The summed E-state index contributed by atoms with van der Waals surface area (Å²) < 4.78 is 14.1. The molecule has 262 valence electrons. The summed E-state index contributed by atoms with van der Waals surface area (Å²) >= 11 is 0. The summed E-state index contributed by atoms with van der Waals surface area (Å²) in [5, 5.41) is 0. The molecule has 0 aromatic heterocycles. The quantitative estimate of drug-likeness (QED) is 0.161. The molecule has 1 aliphatic carbocycles. The Labute approximate surface area is 318 Å². The minimum absolute atomic E-state index is 0.0329. The summed E-state index contributed by atoms with van der Waals surface area (Å²) in [6, 6.07) is 54.9. The molecule has 0 N–H and O–H groups in total. The van der Waals surface area contributed by atoms with E-state index >= 15 is 0 Å². The van der Waals surface area contributed by atoms with Gasteiger partial charge in [0.15, 0.2) is 0 Å². The van der Waals surface area contributed by atoms with Crippen LogP contribution in [0, 0.1) is 13.8 Å². The minimum Gasteiger partial charge on any atom is -0.458 e. The normalized spacial score (nSPS) is 14.3. The van der Waals surface area contributed by atoms with Crippen molar-refractivity contribution in [3.63, 3.8) is 0 Å². The molecule has 1 saturated carbocycles. The minimum atomic E-state index is -0.0329. The fourth-order valence-electron chi connectivity index (χ4n) is 9.01. The summed E-state index contributed by atoms with van der Waals surface area (Å²) in [7, 11) is 0. The van der Waals surface area contributed by atoms with Crippen LogP contribution in [0.4, 0.5) is 17.1 Å². The van der Waals surface area contributed by atoms with Crippen LogP contribution in [-0.2, 0) is 0 Å². The Morgan fingerprint density at radius 1 is 0.481 bits per heavy atom. The predicted molar refractivity (Wildman–Crippen MR) is 225 cm³/mol. The third-order valence-electron chi connectivity index (χ3n) is 11.8. The van der Waals surface area contributed by atoms with E-state index < -0.39 is 0 Å². The van der Waals surface area contributed by atoms with E-state index in [1.807, 2.05) is 0 Å². The molecular formula is C50H42BNO2. The fraction of sp³-hybridized carbons (Fsp3) is 0.160. The highest BCUT2D eigenvalue weighted by atomic mass is 16.5. The number of nitrogens with zero attached hydrogens (tertiary/aromatic N) is 1. The third kappa shape index (κ3) is 5.69. The molecule has 54 heavy (non-hydrogen) atoms. The first-order valence-corrected chi connectivity index (χ1v) is 19.5. The molecule has 7 aromatic carbocycles. The maximum atomic E-state index is 7.03. The Kier molecular flexibility index (Phi) is 8.13. The van der Waals surface area contributed by atoms with Crippen LogP contribution < -0.4 is 30.8 Å². The molecule has 0 radical (unpaired) electrons. The lowest BCUT2D eigenvalue weighted by molar-refractivity contribution is 0.443. The van der Waals surface area contributed by atoms with Crippen LogP contribution in [0.5, 0.6) is 23.0 Å². The van der Waals surface area contributed by atoms with Crippen molar-refractivity contribution < 1.29 is 9.47 Å². The van der Waals surface area contributed by atoms with Gasteiger partial charge < -0.3 is 14.4 Å². The Hall–Kier alpha value is -6.00. The largest absolute Gasteiger partial charge is 0.458 e. The van der Waals surface area contributed by atoms with E-state index in [2.05, 4.69) is 170 Å². The lowest BCUT2D eigenvalue weighted by Crippen LogP contribution is -2.57. The maximum absolute atomic E-state index is 7.03. The average molecular weight is 700 g/mol. The highest BCUT2D eigenvalue weighted by molar-refractivity contribution is 6.98. The topological polar surface area (TPSA) is 21.7 Å². The maximum Gasteiger partial charge on any atom is 0.260 e. The molecular weight excluding hydrogens is 657 g/mol. The van der Waals surface area contributed by atoms with Crippen molar-refractivity contribution in [3.8, 4) is 45.3 Å². The van der Waals surface area contributed by atoms with E-state index in [1.54, 1.807) is 0 Å². The van der Waals surface area contributed by atoms with Gasteiger partial charge in [-0.3, -0.25) is 0 Å². The van der Waals surface area contributed by atoms with Crippen molar-refractivity contribution in [2.45, 2.75) is 51.9 Å². The second-order valence-electron chi connectivity index (χ2n) is 15.2. The number of fused-ring (bicyclic) bond motifs is 4. The van der Waals surface area contributed by atoms with Crippen molar-refractivity contribution in [1.29, 1.82) is 0 Å². The number of aryl methyl sites for hydroxylation is 2. The zero-order valence-corrected chi connectivity index (χ0v) is 30.9.